The molecule has 1 saturated heterocycles. The van der Waals surface area contributed by atoms with Gasteiger partial charge in [0, 0.05) is 36.4 Å². The van der Waals surface area contributed by atoms with E-state index in [0.29, 0.717) is 13.0 Å². The Morgan fingerprint density at radius 3 is 2.71 bits per heavy atom. The third kappa shape index (κ3) is 2.24. The van der Waals surface area contributed by atoms with Gasteiger partial charge in [-0.1, -0.05) is 41.5 Å². The van der Waals surface area contributed by atoms with Gasteiger partial charge in [0.1, 0.15) is 6.17 Å². The molecule has 3 atom stereocenters. The van der Waals surface area contributed by atoms with Crippen LogP contribution in [0.25, 0.3) is 10.4 Å². The highest BCUT2D eigenvalue weighted by Gasteiger charge is 2.71. The van der Waals surface area contributed by atoms with Crippen LogP contribution in [0.15, 0.2) is 53.6 Å². The molecule has 9 nitrogen and oxygen atoms in total. The van der Waals surface area contributed by atoms with E-state index < -0.39 is 23.1 Å². The number of benzene rings is 2. The van der Waals surface area contributed by atoms with E-state index in [2.05, 4.69) is 15.3 Å². The van der Waals surface area contributed by atoms with Gasteiger partial charge < -0.3 is 15.3 Å². The molecule has 5 rings (SSSR count). The van der Waals surface area contributed by atoms with Crippen molar-refractivity contribution >= 4 is 23.4 Å². The van der Waals surface area contributed by atoms with Crippen LogP contribution in [0.2, 0.25) is 0 Å². The van der Waals surface area contributed by atoms with Crippen LogP contribution in [0.5, 0.6) is 0 Å². The number of amides is 2. The van der Waals surface area contributed by atoms with Crippen LogP contribution >= 0.6 is 0 Å². The number of carboxylic acid groups (broad SMARTS) is 1. The van der Waals surface area contributed by atoms with E-state index in [9.17, 15) is 14.7 Å². The van der Waals surface area contributed by atoms with E-state index in [1.54, 1.807) is 0 Å². The fraction of sp³-hybridized carbons (Fsp3) is 0.364. The predicted octanol–water partition coefficient (Wildman–Crippen LogP) is 3.67. The number of azide groups is 1. The Kier molecular flexibility index (Phi) is 4.13. The summed E-state index contributed by atoms with van der Waals surface area (Å²) in [6, 6.07) is 15.4. The van der Waals surface area contributed by atoms with Crippen molar-refractivity contribution in [2.24, 2.45) is 5.11 Å². The molecule has 158 valence electrons. The standard InChI is InChI=1S/C22H22N6O3/c1-27-17-9-5-3-7-15(17)22(11-13-28(19(22)27)20(30)31)21(10-12-24-26-23)14-6-2-4-8-16(14)25-18(21)29/h2-9,19H,10-13H2,1H3,(H,25,29)(H,30,31)/t19-,21-,22?/m1/s1. The van der Waals surface area contributed by atoms with Gasteiger partial charge in [-0.05, 0) is 41.6 Å². The lowest BCUT2D eigenvalue weighted by molar-refractivity contribution is -0.124. The lowest BCUT2D eigenvalue weighted by Gasteiger charge is -2.47. The highest BCUT2D eigenvalue weighted by molar-refractivity contribution is 6.08. The van der Waals surface area contributed by atoms with Crippen LogP contribution in [0, 0.1) is 0 Å². The summed E-state index contributed by atoms with van der Waals surface area (Å²) in [5, 5.41) is 16.8. The molecule has 0 aliphatic carbocycles. The van der Waals surface area contributed by atoms with Crippen molar-refractivity contribution in [1.29, 1.82) is 0 Å². The Morgan fingerprint density at radius 2 is 1.97 bits per heavy atom. The molecule has 3 aliphatic rings. The molecule has 3 aliphatic heterocycles. The Bertz CT molecular complexity index is 1150. The zero-order valence-corrected chi connectivity index (χ0v) is 17.0. The fourth-order valence-corrected chi connectivity index (χ4v) is 6.27. The maximum Gasteiger partial charge on any atom is 0.408 e. The number of likely N-dealkylation sites (N-methyl/N-ethyl adjacent to an activating group) is 1. The summed E-state index contributed by atoms with van der Waals surface area (Å²) in [5.41, 5.74) is 10.4. The summed E-state index contributed by atoms with van der Waals surface area (Å²) >= 11 is 0. The summed E-state index contributed by atoms with van der Waals surface area (Å²) in [7, 11) is 1.88. The zero-order valence-electron chi connectivity index (χ0n) is 17.0. The molecule has 2 N–H and O–H groups in total. The quantitative estimate of drug-likeness (QED) is 0.447. The van der Waals surface area contributed by atoms with Crippen LogP contribution in [-0.4, -0.2) is 48.3 Å². The third-order valence-corrected chi connectivity index (χ3v) is 7.29. The average molecular weight is 418 g/mol. The van der Waals surface area contributed by atoms with E-state index >= 15 is 0 Å². The number of para-hydroxylation sites is 2. The molecule has 2 aromatic rings. The molecule has 0 bridgehead atoms. The molecule has 0 aromatic heterocycles. The molecule has 3 heterocycles. The van der Waals surface area contributed by atoms with Crippen molar-refractivity contribution in [3.05, 3.63) is 70.1 Å². The van der Waals surface area contributed by atoms with Crippen molar-refractivity contribution in [1.82, 2.24) is 4.90 Å². The highest BCUT2D eigenvalue weighted by Crippen LogP contribution is 2.64. The number of carbonyl (C=O) groups is 2. The van der Waals surface area contributed by atoms with Gasteiger partial charge in [-0.25, -0.2) is 4.79 Å². The molecule has 2 amide bonds. The zero-order chi connectivity index (χ0) is 21.8. The molecule has 0 spiro atoms. The number of hydrogen-bond acceptors (Lipinski definition) is 4. The van der Waals surface area contributed by atoms with Crippen molar-refractivity contribution in [2.75, 3.05) is 30.4 Å². The fourth-order valence-electron chi connectivity index (χ4n) is 6.27. The van der Waals surface area contributed by atoms with Gasteiger partial charge in [-0.3, -0.25) is 9.69 Å². The van der Waals surface area contributed by atoms with Crippen molar-refractivity contribution in [2.45, 2.75) is 29.8 Å². The molecule has 1 fully saturated rings. The third-order valence-electron chi connectivity index (χ3n) is 7.29. The van der Waals surface area contributed by atoms with E-state index in [4.69, 9.17) is 5.53 Å². The van der Waals surface area contributed by atoms with Gasteiger partial charge in [0.05, 0.1) is 10.8 Å². The Morgan fingerprint density at radius 1 is 1.26 bits per heavy atom. The molecule has 0 radical (unpaired) electrons. The Hall–Kier alpha value is -3.71. The van der Waals surface area contributed by atoms with Crippen LogP contribution in [0.4, 0.5) is 16.2 Å². The number of nitrogens with zero attached hydrogens (tertiary/aromatic N) is 5. The first-order valence-corrected chi connectivity index (χ1v) is 10.2. The first-order chi connectivity index (χ1) is 15.0. The Labute approximate surface area is 178 Å². The maximum absolute atomic E-state index is 13.8. The summed E-state index contributed by atoms with van der Waals surface area (Å²) in [5.74, 6) is -0.177. The van der Waals surface area contributed by atoms with Crippen LogP contribution in [0.1, 0.15) is 24.0 Å². The van der Waals surface area contributed by atoms with E-state index in [1.165, 1.54) is 4.90 Å². The van der Waals surface area contributed by atoms with Crippen molar-refractivity contribution < 1.29 is 14.7 Å². The maximum atomic E-state index is 13.8. The first kappa shape index (κ1) is 19.3. The summed E-state index contributed by atoms with van der Waals surface area (Å²) in [6.07, 6.45) is -0.788. The molecular formula is C22H22N6O3. The normalized spacial score (nSPS) is 27.9. The molecular weight excluding hydrogens is 396 g/mol. The summed E-state index contributed by atoms with van der Waals surface area (Å²) in [4.78, 5) is 32.4. The van der Waals surface area contributed by atoms with Gasteiger partial charge in [0.2, 0.25) is 5.91 Å². The predicted molar refractivity (Wildman–Crippen MR) is 115 cm³/mol. The van der Waals surface area contributed by atoms with Crippen molar-refractivity contribution in [3.63, 3.8) is 0 Å². The minimum atomic E-state index is -1.08. The summed E-state index contributed by atoms with van der Waals surface area (Å²) < 4.78 is 0. The monoisotopic (exact) mass is 418 g/mol. The van der Waals surface area contributed by atoms with Gasteiger partial charge in [-0.2, -0.15) is 0 Å². The lowest BCUT2D eigenvalue weighted by Crippen LogP contribution is -2.61. The largest absolute Gasteiger partial charge is 0.465 e. The molecule has 9 heteroatoms. The van der Waals surface area contributed by atoms with E-state index in [0.717, 1.165) is 22.5 Å². The van der Waals surface area contributed by atoms with Crippen LogP contribution < -0.4 is 10.2 Å². The van der Waals surface area contributed by atoms with Crippen molar-refractivity contribution in [3.8, 4) is 0 Å². The molecule has 0 saturated carbocycles. The highest BCUT2D eigenvalue weighted by atomic mass is 16.4. The smallest absolute Gasteiger partial charge is 0.408 e. The number of nitrogens with one attached hydrogen (secondary N) is 1. The van der Waals surface area contributed by atoms with Crippen LogP contribution in [-0.2, 0) is 15.6 Å². The SMILES string of the molecule is CN1c2ccccc2C2([C@@]3(CCN=[N+]=[N-])C(=O)Nc4ccccc43)CCN(C(=O)O)[C@@H]12. The number of fused-ring (bicyclic) bond motifs is 4. The Balaban J connectivity index is 1.84. The van der Waals surface area contributed by atoms with Gasteiger partial charge in [0.15, 0.2) is 0 Å². The number of hydrogen-bond donors (Lipinski definition) is 2. The van der Waals surface area contributed by atoms with Gasteiger partial charge >= 0.3 is 6.09 Å². The number of likely N-dealkylation sites (tertiary alicyclic amines) is 1. The van der Waals surface area contributed by atoms with E-state index in [1.807, 2.05) is 60.5 Å². The minimum absolute atomic E-state index is 0.131. The van der Waals surface area contributed by atoms with E-state index in [-0.39, 0.29) is 18.9 Å². The summed E-state index contributed by atoms with van der Waals surface area (Å²) in [6.45, 7) is 0.447. The topological polar surface area (TPSA) is 122 Å². The molecule has 31 heavy (non-hydrogen) atoms. The van der Waals surface area contributed by atoms with Gasteiger partial charge in [0.25, 0.3) is 0 Å². The number of rotatable bonds is 4. The second-order valence-electron chi connectivity index (χ2n) is 8.31. The second kappa shape index (κ2) is 6.65. The number of carbonyl (C=O) groups excluding carboxylic acids is 1. The van der Waals surface area contributed by atoms with Crippen LogP contribution in [0.3, 0.4) is 0 Å². The first-order valence-electron chi connectivity index (χ1n) is 10.2. The van der Waals surface area contributed by atoms with Gasteiger partial charge in [-0.15, -0.1) is 0 Å². The lowest BCUT2D eigenvalue weighted by atomic mass is 9.55. The molecule has 2 aromatic carbocycles. The number of anilines is 2. The minimum Gasteiger partial charge on any atom is -0.465 e. The second-order valence-corrected chi connectivity index (χ2v) is 8.31. The average Bonchev–Trinajstić information content (AvgIpc) is 3.38. The molecule has 1 unspecified atom stereocenters.